The van der Waals surface area contributed by atoms with Gasteiger partial charge in [0.15, 0.2) is 0 Å². The number of amides is 2. The number of carbonyl (C=O) groups is 2. The van der Waals surface area contributed by atoms with Gasteiger partial charge in [0.05, 0.1) is 24.6 Å². The number of nitrogens with zero attached hydrogens (tertiary/aromatic N) is 2. The highest BCUT2D eigenvalue weighted by molar-refractivity contribution is 5.94. The van der Waals surface area contributed by atoms with Crippen molar-refractivity contribution < 1.29 is 14.3 Å². The molecule has 1 saturated carbocycles. The Kier molecular flexibility index (Phi) is 5.28. The van der Waals surface area contributed by atoms with E-state index >= 15 is 0 Å². The molecule has 2 aromatic rings. The summed E-state index contributed by atoms with van der Waals surface area (Å²) in [5, 5.41) is 3.11. The lowest BCUT2D eigenvalue weighted by atomic mass is 10.0. The van der Waals surface area contributed by atoms with Crippen molar-refractivity contribution in [3.05, 3.63) is 59.9 Å². The van der Waals surface area contributed by atoms with Crippen molar-refractivity contribution in [3.8, 4) is 5.75 Å². The Morgan fingerprint density at radius 2 is 2.04 bits per heavy atom. The van der Waals surface area contributed by atoms with Gasteiger partial charge in [-0.2, -0.15) is 0 Å². The van der Waals surface area contributed by atoms with E-state index in [4.69, 9.17) is 4.74 Å². The number of fused-ring (bicyclic) bond motifs is 2. The average Bonchev–Trinajstić information content (AvgIpc) is 3.31. The maximum absolute atomic E-state index is 12.9. The van der Waals surface area contributed by atoms with Crippen LogP contribution in [0, 0.1) is 5.92 Å². The minimum atomic E-state index is -0.121. The van der Waals surface area contributed by atoms with E-state index in [2.05, 4.69) is 10.3 Å². The molecule has 146 valence electrons. The summed E-state index contributed by atoms with van der Waals surface area (Å²) in [5.41, 5.74) is 1.53. The molecule has 2 bridgehead atoms. The van der Waals surface area contributed by atoms with Crippen molar-refractivity contribution in [2.45, 2.75) is 38.3 Å². The Labute approximate surface area is 164 Å². The van der Waals surface area contributed by atoms with Gasteiger partial charge in [-0.25, -0.2) is 0 Å². The number of hydrogen-bond acceptors (Lipinski definition) is 4. The van der Waals surface area contributed by atoms with E-state index in [9.17, 15) is 9.59 Å². The second-order valence-electron chi connectivity index (χ2n) is 7.53. The van der Waals surface area contributed by atoms with Crippen LogP contribution in [0.5, 0.6) is 5.75 Å². The van der Waals surface area contributed by atoms with Crippen LogP contribution >= 0.6 is 0 Å². The summed E-state index contributed by atoms with van der Waals surface area (Å²) in [6.45, 7) is 3.37. The molecule has 6 nitrogen and oxygen atoms in total. The minimum absolute atomic E-state index is 0.00994. The lowest BCUT2D eigenvalue weighted by Crippen LogP contribution is -2.52. The first-order valence-electron chi connectivity index (χ1n) is 9.86. The number of carbonyl (C=O) groups excluding carboxylic acids is 2. The number of aromatic nitrogens is 1. The molecular weight excluding hydrogens is 354 g/mol. The van der Waals surface area contributed by atoms with Gasteiger partial charge in [0.25, 0.3) is 5.91 Å². The second kappa shape index (κ2) is 8.00. The third-order valence-electron chi connectivity index (χ3n) is 5.63. The molecule has 28 heavy (non-hydrogen) atoms. The smallest absolute Gasteiger partial charge is 0.253 e. The zero-order valence-electron chi connectivity index (χ0n) is 16.0. The van der Waals surface area contributed by atoms with E-state index in [0.717, 1.165) is 30.7 Å². The third-order valence-corrected chi connectivity index (χ3v) is 5.63. The zero-order valence-corrected chi connectivity index (χ0v) is 16.0. The fourth-order valence-electron chi connectivity index (χ4n) is 4.36. The van der Waals surface area contributed by atoms with Gasteiger partial charge >= 0.3 is 0 Å². The second-order valence-corrected chi connectivity index (χ2v) is 7.53. The fourth-order valence-corrected chi connectivity index (χ4v) is 4.36. The molecule has 6 heteroatoms. The van der Waals surface area contributed by atoms with Crippen molar-refractivity contribution >= 4 is 11.8 Å². The Morgan fingerprint density at radius 1 is 1.21 bits per heavy atom. The summed E-state index contributed by atoms with van der Waals surface area (Å²) < 4.78 is 5.45. The first-order valence-corrected chi connectivity index (χ1v) is 9.86. The molecule has 3 unspecified atom stereocenters. The third kappa shape index (κ3) is 3.86. The van der Waals surface area contributed by atoms with E-state index in [-0.39, 0.29) is 23.9 Å². The molecule has 2 amide bonds. The molecule has 1 aromatic heterocycles. The van der Waals surface area contributed by atoms with Crippen LogP contribution in [-0.4, -0.2) is 46.9 Å². The molecule has 3 atom stereocenters. The van der Waals surface area contributed by atoms with E-state index in [1.165, 1.54) is 0 Å². The largest absolute Gasteiger partial charge is 0.494 e. The number of benzene rings is 1. The summed E-state index contributed by atoms with van der Waals surface area (Å²) in [6.07, 6.45) is 5.49. The molecule has 2 fully saturated rings. The van der Waals surface area contributed by atoms with E-state index in [1.807, 2.05) is 36.1 Å². The predicted molar refractivity (Wildman–Crippen MR) is 105 cm³/mol. The zero-order chi connectivity index (χ0) is 19.5. The van der Waals surface area contributed by atoms with Crippen LogP contribution in [0.25, 0.3) is 0 Å². The van der Waals surface area contributed by atoms with E-state index in [1.54, 1.807) is 24.5 Å². The van der Waals surface area contributed by atoms with Crippen molar-refractivity contribution in [1.82, 2.24) is 15.2 Å². The molecule has 1 aromatic carbocycles. The monoisotopic (exact) mass is 379 g/mol. The SMILES string of the molecule is CCOc1ccc(CC(=O)N2CC3CC(NC(=O)c4cccnc4)C2C3)cc1. The highest BCUT2D eigenvalue weighted by Crippen LogP contribution is 2.38. The van der Waals surface area contributed by atoms with E-state index in [0.29, 0.717) is 24.5 Å². The molecule has 1 N–H and O–H groups in total. The van der Waals surface area contributed by atoms with Gasteiger partial charge in [-0.15, -0.1) is 0 Å². The summed E-state index contributed by atoms with van der Waals surface area (Å²) in [6, 6.07) is 11.3. The van der Waals surface area contributed by atoms with Crippen LogP contribution in [0.4, 0.5) is 0 Å². The van der Waals surface area contributed by atoms with Gasteiger partial charge in [-0.05, 0) is 55.5 Å². The number of likely N-dealkylation sites (tertiary alicyclic amines) is 1. The molecule has 1 saturated heterocycles. The summed E-state index contributed by atoms with van der Waals surface area (Å²) in [5.74, 6) is 1.28. The molecule has 2 aliphatic rings. The first-order chi connectivity index (χ1) is 13.6. The molecule has 0 radical (unpaired) electrons. The number of ether oxygens (including phenoxy) is 1. The highest BCUT2D eigenvalue weighted by Gasteiger charge is 2.47. The van der Waals surface area contributed by atoms with Gasteiger partial charge in [-0.1, -0.05) is 12.1 Å². The van der Waals surface area contributed by atoms with Crippen molar-refractivity contribution in [2.75, 3.05) is 13.2 Å². The maximum atomic E-state index is 12.9. The summed E-state index contributed by atoms with van der Waals surface area (Å²) in [4.78, 5) is 31.3. The minimum Gasteiger partial charge on any atom is -0.494 e. The number of pyridine rings is 1. The Hall–Kier alpha value is -2.89. The van der Waals surface area contributed by atoms with Gasteiger partial charge < -0.3 is 15.0 Å². The average molecular weight is 379 g/mol. The molecule has 2 heterocycles. The Bertz CT molecular complexity index is 838. The summed E-state index contributed by atoms with van der Waals surface area (Å²) >= 11 is 0. The molecule has 4 rings (SSSR count). The standard InChI is InChI=1S/C22H25N3O3/c1-2-28-18-7-5-15(6-8-18)12-21(26)25-14-16-10-19(20(25)11-16)24-22(27)17-4-3-9-23-13-17/h3-9,13,16,19-20H,2,10-12,14H2,1H3,(H,24,27). The van der Waals surface area contributed by atoms with Crippen LogP contribution in [0.3, 0.4) is 0 Å². The van der Waals surface area contributed by atoms with Gasteiger partial charge in [0.1, 0.15) is 5.75 Å². The molecular formula is C22H25N3O3. The number of rotatable bonds is 6. The van der Waals surface area contributed by atoms with Crippen molar-refractivity contribution in [1.29, 1.82) is 0 Å². The quantitative estimate of drug-likeness (QED) is 0.837. The van der Waals surface area contributed by atoms with Gasteiger partial charge in [0.2, 0.25) is 5.91 Å². The fraction of sp³-hybridized carbons (Fsp3) is 0.409. The van der Waals surface area contributed by atoms with Crippen molar-refractivity contribution in [3.63, 3.8) is 0 Å². The normalized spacial score (nSPS) is 22.9. The van der Waals surface area contributed by atoms with Gasteiger partial charge in [0, 0.05) is 25.0 Å². The molecule has 1 aliphatic carbocycles. The lowest BCUT2D eigenvalue weighted by molar-refractivity contribution is -0.132. The first kappa shape index (κ1) is 18.5. The van der Waals surface area contributed by atoms with Crippen molar-refractivity contribution in [2.24, 2.45) is 5.92 Å². The van der Waals surface area contributed by atoms with E-state index < -0.39 is 0 Å². The number of nitrogens with one attached hydrogen (secondary N) is 1. The Morgan fingerprint density at radius 3 is 2.71 bits per heavy atom. The maximum Gasteiger partial charge on any atom is 0.253 e. The number of hydrogen-bond donors (Lipinski definition) is 1. The molecule has 1 aliphatic heterocycles. The Balaban J connectivity index is 1.37. The van der Waals surface area contributed by atoms with Crippen LogP contribution < -0.4 is 10.1 Å². The van der Waals surface area contributed by atoms with Crippen LogP contribution in [0.2, 0.25) is 0 Å². The molecule has 0 spiro atoms. The number of piperidine rings is 1. The van der Waals surface area contributed by atoms with Crippen LogP contribution in [0.15, 0.2) is 48.8 Å². The van der Waals surface area contributed by atoms with Gasteiger partial charge in [-0.3, -0.25) is 14.6 Å². The summed E-state index contributed by atoms with van der Waals surface area (Å²) in [7, 11) is 0. The predicted octanol–water partition coefficient (Wildman–Crippen LogP) is 2.44. The van der Waals surface area contributed by atoms with Crippen LogP contribution in [-0.2, 0) is 11.2 Å². The van der Waals surface area contributed by atoms with Crippen LogP contribution in [0.1, 0.15) is 35.7 Å². The highest BCUT2D eigenvalue weighted by atomic mass is 16.5. The topological polar surface area (TPSA) is 71.5 Å². The lowest BCUT2D eigenvalue weighted by Gasteiger charge is -2.34.